The first-order chi connectivity index (χ1) is 14.2. The lowest BCUT2D eigenvalue weighted by Crippen LogP contribution is -2.08. The van der Waals surface area contributed by atoms with E-state index in [0.29, 0.717) is 18.8 Å². The molecule has 3 aromatic carbocycles. The van der Waals surface area contributed by atoms with E-state index >= 15 is 0 Å². The zero-order valence-electron chi connectivity index (χ0n) is 15.8. The van der Waals surface area contributed by atoms with Gasteiger partial charge in [-0.1, -0.05) is 41.9 Å². The normalized spacial score (nSPS) is 10.8. The highest BCUT2D eigenvalue weighted by Gasteiger charge is 2.07. The van der Waals surface area contributed by atoms with E-state index in [0.717, 1.165) is 45.0 Å². The van der Waals surface area contributed by atoms with E-state index in [9.17, 15) is 0 Å². The Kier molecular flexibility index (Phi) is 5.77. The number of nitrogens with two attached hydrogens (primary N) is 1. The number of nitrogens with one attached hydrogen (secondary N) is 1. The minimum absolute atomic E-state index is 0.497. The molecule has 0 aliphatic rings. The smallest absolute Gasteiger partial charge is 0.137 e. The highest BCUT2D eigenvalue weighted by Crippen LogP contribution is 2.23. The van der Waals surface area contributed by atoms with E-state index in [1.165, 1.54) is 0 Å². The summed E-state index contributed by atoms with van der Waals surface area (Å²) in [7, 11) is 0. The molecule has 6 heteroatoms. The van der Waals surface area contributed by atoms with E-state index in [-0.39, 0.29) is 0 Å². The van der Waals surface area contributed by atoms with Crippen LogP contribution in [-0.4, -0.2) is 16.5 Å². The van der Waals surface area contributed by atoms with Gasteiger partial charge in [0.15, 0.2) is 0 Å². The van der Waals surface area contributed by atoms with Crippen molar-refractivity contribution in [3.05, 3.63) is 89.2 Å². The van der Waals surface area contributed by atoms with Gasteiger partial charge in [-0.25, -0.2) is 9.97 Å². The molecule has 1 heterocycles. The van der Waals surface area contributed by atoms with Gasteiger partial charge >= 0.3 is 0 Å². The van der Waals surface area contributed by atoms with Crippen LogP contribution in [0, 0.1) is 0 Å². The first-order valence-electron chi connectivity index (χ1n) is 9.38. The number of nitrogens with zero attached hydrogens (tertiary/aromatic N) is 2. The van der Waals surface area contributed by atoms with Crippen molar-refractivity contribution in [1.82, 2.24) is 9.97 Å². The monoisotopic (exact) mass is 404 g/mol. The summed E-state index contributed by atoms with van der Waals surface area (Å²) >= 11 is 5.94. The van der Waals surface area contributed by atoms with Crippen LogP contribution in [-0.2, 0) is 13.0 Å². The predicted octanol–water partition coefficient (Wildman–Crippen LogP) is 5.10. The van der Waals surface area contributed by atoms with E-state index in [1.54, 1.807) is 6.33 Å². The van der Waals surface area contributed by atoms with Gasteiger partial charge in [-0.3, -0.25) is 0 Å². The topological polar surface area (TPSA) is 73.1 Å². The number of hydrogen-bond acceptors (Lipinski definition) is 5. The Bertz CT molecular complexity index is 1120. The summed E-state index contributed by atoms with van der Waals surface area (Å²) in [4.78, 5) is 8.65. The Morgan fingerprint density at radius 2 is 1.79 bits per heavy atom. The number of hydrogen-bond donors (Lipinski definition) is 2. The molecule has 0 radical (unpaired) electrons. The number of benzene rings is 3. The third-order valence-corrected chi connectivity index (χ3v) is 4.88. The van der Waals surface area contributed by atoms with Crippen LogP contribution in [0.15, 0.2) is 73.1 Å². The Labute approximate surface area is 174 Å². The summed E-state index contributed by atoms with van der Waals surface area (Å²) in [5.41, 5.74) is 9.68. The maximum Gasteiger partial charge on any atom is 0.137 e. The maximum atomic E-state index is 6.04. The van der Waals surface area contributed by atoms with E-state index in [2.05, 4.69) is 21.4 Å². The van der Waals surface area contributed by atoms with Crippen LogP contribution in [0.25, 0.3) is 10.9 Å². The summed E-state index contributed by atoms with van der Waals surface area (Å²) in [5.74, 6) is 1.66. The van der Waals surface area contributed by atoms with Gasteiger partial charge in [-0.15, -0.1) is 0 Å². The van der Waals surface area contributed by atoms with Gasteiger partial charge in [-0.2, -0.15) is 0 Å². The maximum absolute atomic E-state index is 6.04. The summed E-state index contributed by atoms with van der Waals surface area (Å²) in [6, 6.07) is 21.4. The van der Waals surface area contributed by atoms with E-state index in [1.807, 2.05) is 60.7 Å². The second-order valence-electron chi connectivity index (χ2n) is 6.70. The second-order valence-corrected chi connectivity index (χ2v) is 7.13. The number of fused-ring (bicyclic) bond motifs is 1. The highest BCUT2D eigenvalue weighted by molar-refractivity contribution is 6.30. The first kappa shape index (κ1) is 19.0. The molecule has 1 aromatic heterocycles. The molecule has 0 amide bonds. The van der Waals surface area contributed by atoms with Crippen molar-refractivity contribution >= 4 is 34.0 Å². The molecule has 0 saturated heterocycles. The van der Waals surface area contributed by atoms with Crippen molar-refractivity contribution in [2.24, 2.45) is 0 Å². The molecule has 3 N–H and O–H groups in total. The molecule has 4 aromatic rings. The van der Waals surface area contributed by atoms with Gasteiger partial charge in [0.25, 0.3) is 0 Å². The molecule has 29 heavy (non-hydrogen) atoms. The summed E-state index contributed by atoms with van der Waals surface area (Å²) < 4.78 is 6.04. The number of nitrogen functional groups attached to an aromatic ring is 1. The summed E-state index contributed by atoms with van der Waals surface area (Å²) in [6.45, 7) is 1.21. The lowest BCUT2D eigenvalue weighted by Gasteiger charge is -2.13. The van der Waals surface area contributed by atoms with Gasteiger partial charge in [0.2, 0.25) is 0 Å². The highest BCUT2D eigenvalue weighted by atomic mass is 35.5. The summed E-state index contributed by atoms with van der Waals surface area (Å²) in [5, 5.41) is 5.03. The average Bonchev–Trinajstić information content (AvgIpc) is 2.74. The van der Waals surface area contributed by atoms with Crippen LogP contribution >= 0.6 is 11.6 Å². The van der Waals surface area contributed by atoms with Crippen molar-refractivity contribution in [3.63, 3.8) is 0 Å². The standard InChI is InChI=1S/C23H21ClN4O/c24-18-7-5-16(6-8-18)14-29-22-4-2-1-3-17(22)11-12-26-23-20-13-19(25)9-10-21(20)27-15-28-23/h1-10,13,15H,11-12,14,25H2,(H,26,27,28). The zero-order chi connectivity index (χ0) is 20.1. The molecule has 0 aliphatic heterocycles. The van der Waals surface area contributed by atoms with Crippen LogP contribution < -0.4 is 15.8 Å². The van der Waals surface area contributed by atoms with E-state index in [4.69, 9.17) is 22.1 Å². The van der Waals surface area contributed by atoms with Crippen molar-refractivity contribution in [1.29, 1.82) is 0 Å². The number of aromatic nitrogens is 2. The minimum atomic E-state index is 0.497. The molecule has 0 saturated carbocycles. The number of rotatable bonds is 7. The largest absolute Gasteiger partial charge is 0.489 e. The first-order valence-corrected chi connectivity index (χ1v) is 9.76. The fourth-order valence-electron chi connectivity index (χ4n) is 3.12. The number of halogens is 1. The van der Waals surface area contributed by atoms with Crippen LogP contribution in [0.5, 0.6) is 5.75 Å². The van der Waals surface area contributed by atoms with Crippen LogP contribution in [0.2, 0.25) is 5.02 Å². The molecular weight excluding hydrogens is 384 g/mol. The molecule has 0 unspecified atom stereocenters. The molecule has 0 aliphatic carbocycles. The number of anilines is 2. The lowest BCUT2D eigenvalue weighted by atomic mass is 10.1. The minimum Gasteiger partial charge on any atom is -0.489 e. The molecule has 146 valence electrons. The quantitative estimate of drug-likeness (QED) is 0.419. The van der Waals surface area contributed by atoms with Crippen LogP contribution in [0.3, 0.4) is 0 Å². The van der Waals surface area contributed by atoms with Crippen molar-refractivity contribution < 1.29 is 4.74 Å². The molecule has 0 atom stereocenters. The van der Waals surface area contributed by atoms with E-state index < -0.39 is 0 Å². The molecule has 5 nitrogen and oxygen atoms in total. The number of ether oxygens (including phenoxy) is 1. The molecule has 4 rings (SSSR count). The summed E-state index contributed by atoms with van der Waals surface area (Å²) in [6.07, 6.45) is 2.36. The van der Waals surface area contributed by atoms with Crippen molar-refractivity contribution in [2.45, 2.75) is 13.0 Å². The van der Waals surface area contributed by atoms with Gasteiger partial charge in [0.1, 0.15) is 24.5 Å². The predicted molar refractivity (Wildman–Crippen MR) is 118 cm³/mol. The molecule has 0 spiro atoms. The van der Waals surface area contributed by atoms with Gasteiger partial charge in [-0.05, 0) is 53.9 Å². The van der Waals surface area contributed by atoms with Gasteiger partial charge in [0.05, 0.1) is 5.52 Å². The number of para-hydroxylation sites is 1. The SMILES string of the molecule is Nc1ccc2ncnc(NCCc3ccccc3OCc3ccc(Cl)cc3)c2c1. The Balaban J connectivity index is 1.42. The second kappa shape index (κ2) is 8.80. The van der Waals surface area contributed by atoms with Crippen LogP contribution in [0.4, 0.5) is 11.5 Å². The molecule has 0 fully saturated rings. The van der Waals surface area contributed by atoms with Gasteiger partial charge in [0, 0.05) is 22.6 Å². The fraction of sp³-hybridized carbons (Fsp3) is 0.130. The Morgan fingerprint density at radius 1 is 0.966 bits per heavy atom. The van der Waals surface area contributed by atoms with Crippen molar-refractivity contribution in [2.75, 3.05) is 17.6 Å². The zero-order valence-corrected chi connectivity index (χ0v) is 16.6. The third kappa shape index (κ3) is 4.76. The lowest BCUT2D eigenvalue weighted by molar-refractivity contribution is 0.303. The van der Waals surface area contributed by atoms with Crippen LogP contribution in [0.1, 0.15) is 11.1 Å². The average molecular weight is 405 g/mol. The molecular formula is C23H21ClN4O. The van der Waals surface area contributed by atoms with Crippen molar-refractivity contribution in [3.8, 4) is 5.75 Å². The Morgan fingerprint density at radius 3 is 2.66 bits per heavy atom. The van der Waals surface area contributed by atoms with Gasteiger partial charge < -0.3 is 15.8 Å². The molecule has 0 bridgehead atoms. The fourth-order valence-corrected chi connectivity index (χ4v) is 3.25. The Hall–Kier alpha value is -3.31. The third-order valence-electron chi connectivity index (χ3n) is 4.63.